The summed E-state index contributed by atoms with van der Waals surface area (Å²) in [7, 11) is 0. The van der Waals surface area contributed by atoms with Crippen molar-refractivity contribution in [3.8, 4) is 5.75 Å². The van der Waals surface area contributed by atoms with Gasteiger partial charge in [-0.2, -0.15) is 0 Å². The zero-order valence-electron chi connectivity index (χ0n) is 9.07. The number of aromatic hydroxyl groups is 1. The summed E-state index contributed by atoms with van der Waals surface area (Å²) >= 11 is 0. The molecule has 0 fully saturated rings. The van der Waals surface area contributed by atoms with E-state index in [0.29, 0.717) is 5.56 Å². The molecule has 1 aliphatic heterocycles. The number of fused-ring (bicyclic) bond motifs is 1. The molecule has 0 spiro atoms. The maximum Gasteiger partial charge on any atom is 0.123 e. The lowest BCUT2D eigenvalue weighted by Crippen LogP contribution is -2.30. The van der Waals surface area contributed by atoms with Crippen LogP contribution in [0.5, 0.6) is 5.75 Å². The summed E-state index contributed by atoms with van der Waals surface area (Å²) in [6.07, 6.45) is 2.49. The van der Waals surface area contributed by atoms with Gasteiger partial charge in [0, 0.05) is 24.2 Å². The van der Waals surface area contributed by atoms with Gasteiger partial charge in [-0.3, -0.25) is 0 Å². The molecular formula is C12H12FN3O. The molecule has 0 aliphatic carbocycles. The third-order valence-corrected chi connectivity index (χ3v) is 3.05. The molecule has 0 radical (unpaired) electrons. The van der Waals surface area contributed by atoms with Gasteiger partial charge in [0.1, 0.15) is 11.6 Å². The van der Waals surface area contributed by atoms with Crippen LogP contribution in [0.25, 0.3) is 0 Å². The van der Waals surface area contributed by atoms with Crippen LogP contribution in [0.2, 0.25) is 0 Å². The number of aromatic nitrogens is 2. The second-order valence-electron chi connectivity index (χ2n) is 4.11. The first-order valence-corrected chi connectivity index (χ1v) is 5.49. The maximum absolute atomic E-state index is 13.2. The lowest BCUT2D eigenvalue weighted by Gasteiger charge is -2.24. The number of benzene rings is 1. The molecule has 0 bridgehead atoms. The molecule has 0 saturated heterocycles. The minimum absolute atomic E-state index is 0.0831. The highest BCUT2D eigenvalue weighted by Crippen LogP contribution is 2.32. The van der Waals surface area contributed by atoms with Crippen molar-refractivity contribution in [3.05, 3.63) is 47.3 Å². The van der Waals surface area contributed by atoms with Crippen LogP contribution in [0.3, 0.4) is 0 Å². The zero-order valence-corrected chi connectivity index (χ0v) is 9.07. The normalized spacial score (nSPS) is 19.0. The minimum atomic E-state index is -0.359. The van der Waals surface area contributed by atoms with E-state index in [4.69, 9.17) is 0 Å². The third-order valence-electron chi connectivity index (χ3n) is 3.05. The second-order valence-corrected chi connectivity index (χ2v) is 4.11. The van der Waals surface area contributed by atoms with Gasteiger partial charge in [-0.25, -0.2) is 9.37 Å². The van der Waals surface area contributed by atoms with Crippen molar-refractivity contribution in [1.82, 2.24) is 15.3 Å². The number of hydrogen-bond donors (Lipinski definition) is 3. The Morgan fingerprint density at radius 3 is 3.18 bits per heavy atom. The molecule has 1 atom stereocenters. The van der Waals surface area contributed by atoms with Crippen LogP contribution in [0.4, 0.5) is 4.39 Å². The number of imidazole rings is 1. The van der Waals surface area contributed by atoms with Crippen molar-refractivity contribution in [2.45, 2.75) is 12.5 Å². The smallest absolute Gasteiger partial charge is 0.123 e. The monoisotopic (exact) mass is 233 g/mol. The number of nitrogens with one attached hydrogen (secondary N) is 2. The molecule has 1 aliphatic rings. The quantitative estimate of drug-likeness (QED) is 0.699. The predicted octanol–water partition coefficient (Wildman–Crippen LogP) is 1.49. The molecule has 2 heterocycles. The molecule has 3 rings (SSSR count). The van der Waals surface area contributed by atoms with E-state index in [1.54, 1.807) is 6.33 Å². The Labute approximate surface area is 97.5 Å². The molecule has 88 valence electrons. The second kappa shape index (κ2) is 3.85. The van der Waals surface area contributed by atoms with Gasteiger partial charge in [-0.15, -0.1) is 0 Å². The fourth-order valence-electron chi connectivity index (χ4n) is 2.23. The number of aromatic amines is 1. The van der Waals surface area contributed by atoms with Crippen LogP contribution in [-0.4, -0.2) is 21.6 Å². The van der Waals surface area contributed by atoms with Crippen LogP contribution < -0.4 is 5.32 Å². The van der Waals surface area contributed by atoms with Gasteiger partial charge in [0.25, 0.3) is 0 Å². The summed E-state index contributed by atoms with van der Waals surface area (Å²) in [4.78, 5) is 7.30. The first kappa shape index (κ1) is 10.3. The van der Waals surface area contributed by atoms with E-state index in [1.165, 1.54) is 18.2 Å². The fourth-order valence-corrected chi connectivity index (χ4v) is 2.23. The van der Waals surface area contributed by atoms with E-state index >= 15 is 0 Å². The molecule has 1 aromatic carbocycles. The summed E-state index contributed by atoms with van der Waals surface area (Å²) in [6, 6.07) is 3.71. The van der Waals surface area contributed by atoms with Crippen LogP contribution in [0, 0.1) is 5.82 Å². The predicted molar refractivity (Wildman–Crippen MR) is 60.2 cm³/mol. The van der Waals surface area contributed by atoms with Gasteiger partial charge in [0.15, 0.2) is 0 Å². The fraction of sp³-hybridized carbons (Fsp3) is 0.250. The number of H-pyrrole nitrogens is 1. The van der Waals surface area contributed by atoms with E-state index in [1.807, 2.05) is 0 Å². The Morgan fingerprint density at radius 2 is 2.29 bits per heavy atom. The molecule has 4 nitrogen and oxygen atoms in total. The molecule has 3 N–H and O–H groups in total. The van der Waals surface area contributed by atoms with Crippen molar-refractivity contribution in [1.29, 1.82) is 0 Å². The van der Waals surface area contributed by atoms with Gasteiger partial charge in [-0.1, -0.05) is 0 Å². The van der Waals surface area contributed by atoms with Crippen molar-refractivity contribution >= 4 is 0 Å². The average molecular weight is 233 g/mol. The Bertz CT molecular complexity index is 552. The molecule has 5 heteroatoms. The van der Waals surface area contributed by atoms with Gasteiger partial charge < -0.3 is 15.4 Å². The van der Waals surface area contributed by atoms with Crippen LogP contribution in [-0.2, 0) is 6.42 Å². The van der Waals surface area contributed by atoms with E-state index < -0.39 is 0 Å². The van der Waals surface area contributed by atoms with E-state index in [-0.39, 0.29) is 17.6 Å². The van der Waals surface area contributed by atoms with Crippen LogP contribution in [0.15, 0.2) is 24.5 Å². The molecule has 2 aromatic rings. The number of phenolic OH excluding ortho intramolecular Hbond substituents is 1. The largest absolute Gasteiger partial charge is 0.508 e. The van der Waals surface area contributed by atoms with E-state index in [2.05, 4.69) is 15.3 Å². The number of rotatable bonds is 1. The highest BCUT2D eigenvalue weighted by atomic mass is 19.1. The van der Waals surface area contributed by atoms with Crippen LogP contribution >= 0.6 is 0 Å². The molecule has 17 heavy (non-hydrogen) atoms. The summed E-state index contributed by atoms with van der Waals surface area (Å²) in [6.45, 7) is 0.774. The number of halogens is 1. The Hall–Kier alpha value is -1.88. The molecule has 0 saturated carbocycles. The van der Waals surface area contributed by atoms with Gasteiger partial charge in [0.2, 0.25) is 0 Å². The summed E-state index contributed by atoms with van der Waals surface area (Å²) in [5.74, 6) is -0.276. The lowest BCUT2D eigenvalue weighted by molar-refractivity contribution is 0.448. The summed E-state index contributed by atoms with van der Waals surface area (Å²) in [5, 5.41) is 13.0. The van der Waals surface area contributed by atoms with Crippen molar-refractivity contribution in [3.63, 3.8) is 0 Å². The standard InChI is InChI=1S/C12H12FN3O/c13-7-1-2-10(17)8(5-7)11-12-9(3-4-14-11)15-6-16-12/h1-2,5-6,11,14,17H,3-4H2,(H,15,16)/t11-/m0/s1. The van der Waals surface area contributed by atoms with E-state index in [0.717, 1.165) is 24.4 Å². The van der Waals surface area contributed by atoms with Crippen LogP contribution in [0.1, 0.15) is 23.0 Å². The summed E-state index contributed by atoms with van der Waals surface area (Å²) < 4.78 is 13.2. The molecule has 0 amide bonds. The SMILES string of the molecule is Oc1ccc(F)cc1[C@@H]1NCCc2[nH]cnc21. The molecular weight excluding hydrogens is 221 g/mol. The molecule has 1 aromatic heterocycles. The van der Waals surface area contributed by atoms with Gasteiger partial charge in [0.05, 0.1) is 18.1 Å². The van der Waals surface area contributed by atoms with Crippen molar-refractivity contribution in [2.24, 2.45) is 0 Å². The maximum atomic E-state index is 13.2. The first-order valence-electron chi connectivity index (χ1n) is 5.49. The highest BCUT2D eigenvalue weighted by molar-refractivity contribution is 5.41. The zero-order chi connectivity index (χ0) is 11.8. The number of hydrogen-bond acceptors (Lipinski definition) is 3. The Kier molecular flexibility index (Phi) is 2.33. The average Bonchev–Trinajstić information content (AvgIpc) is 2.80. The lowest BCUT2D eigenvalue weighted by atomic mass is 9.97. The third kappa shape index (κ3) is 1.68. The molecule has 0 unspecified atom stereocenters. The Morgan fingerprint density at radius 1 is 1.41 bits per heavy atom. The minimum Gasteiger partial charge on any atom is -0.508 e. The van der Waals surface area contributed by atoms with Gasteiger partial charge >= 0.3 is 0 Å². The van der Waals surface area contributed by atoms with Crippen molar-refractivity contribution in [2.75, 3.05) is 6.54 Å². The number of nitrogens with zero attached hydrogens (tertiary/aromatic N) is 1. The van der Waals surface area contributed by atoms with Crippen molar-refractivity contribution < 1.29 is 9.50 Å². The van der Waals surface area contributed by atoms with E-state index in [9.17, 15) is 9.50 Å². The Balaban J connectivity index is 2.09. The summed E-state index contributed by atoms with van der Waals surface area (Å²) in [5.41, 5.74) is 2.40. The first-order chi connectivity index (χ1) is 8.25. The number of phenols is 1. The highest BCUT2D eigenvalue weighted by Gasteiger charge is 2.26. The van der Waals surface area contributed by atoms with Gasteiger partial charge in [-0.05, 0) is 18.2 Å². The topological polar surface area (TPSA) is 60.9 Å².